The van der Waals surface area contributed by atoms with Gasteiger partial charge < -0.3 is 15.0 Å². The molecule has 0 atom stereocenters. The summed E-state index contributed by atoms with van der Waals surface area (Å²) in [7, 11) is 1.62. The lowest BCUT2D eigenvalue weighted by atomic mass is 10.1. The maximum Gasteiger partial charge on any atom is 0.268 e. The van der Waals surface area contributed by atoms with Crippen LogP contribution in [0.5, 0.6) is 5.75 Å². The molecule has 0 saturated heterocycles. The minimum absolute atomic E-state index is 0.0324. The van der Waals surface area contributed by atoms with Gasteiger partial charge in [-0.15, -0.1) is 11.3 Å². The second kappa shape index (κ2) is 7.86. The van der Waals surface area contributed by atoms with E-state index in [9.17, 15) is 9.59 Å². The molecule has 2 heterocycles. The van der Waals surface area contributed by atoms with E-state index in [-0.39, 0.29) is 11.8 Å². The van der Waals surface area contributed by atoms with Gasteiger partial charge in [-0.3, -0.25) is 9.59 Å². The van der Waals surface area contributed by atoms with E-state index >= 15 is 0 Å². The van der Waals surface area contributed by atoms with Crippen LogP contribution in [0.3, 0.4) is 0 Å². The molecule has 2 aromatic carbocycles. The Morgan fingerprint density at radius 2 is 1.96 bits per heavy atom. The first kappa shape index (κ1) is 18.3. The van der Waals surface area contributed by atoms with Gasteiger partial charge in [0.25, 0.3) is 5.91 Å². The molecule has 1 aliphatic rings. The average Bonchev–Trinajstić information content (AvgIpc) is 3.38. The van der Waals surface area contributed by atoms with E-state index in [0.717, 1.165) is 39.5 Å². The summed E-state index contributed by atoms with van der Waals surface area (Å²) in [5, 5.41) is 4.86. The summed E-state index contributed by atoms with van der Waals surface area (Å²) in [5.74, 6) is 0.726. The lowest BCUT2D eigenvalue weighted by Crippen LogP contribution is -2.28. The van der Waals surface area contributed by atoms with E-state index < -0.39 is 0 Å². The second-order valence-electron chi connectivity index (χ2n) is 6.60. The van der Waals surface area contributed by atoms with Gasteiger partial charge in [-0.05, 0) is 59.3 Å². The Hall–Kier alpha value is -3.12. The number of hydrogen-bond donors (Lipinski definition) is 1. The quantitative estimate of drug-likeness (QED) is 0.710. The standard InChI is InChI=1S/C22H20N2O3S/c1-27-18-7-4-15(5-8-18)13-21(25)23-17-6-9-19-16(14-17)10-11-24(19)22(26)20-3-2-12-28-20/h2-9,12,14H,10-11,13H2,1H3,(H,23,25). The molecular formula is C22H20N2O3S. The van der Waals surface area contributed by atoms with Gasteiger partial charge in [0.1, 0.15) is 5.75 Å². The highest BCUT2D eigenvalue weighted by molar-refractivity contribution is 7.12. The topological polar surface area (TPSA) is 58.6 Å². The van der Waals surface area contributed by atoms with E-state index in [1.54, 1.807) is 7.11 Å². The second-order valence-corrected chi connectivity index (χ2v) is 7.55. The van der Waals surface area contributed by atoms with E-state index in [1.807, 2.05) is 64.9 Å². The smallest absolute Gasteiger partial charge is 0.268 e. The molecule has 0 radical (unpaired) electrons. The van der Waals surface area contributed by atoms with Crippen LogP contribution in [0.2, 0.25) is 0 Å². The highest BCUT2D eigenvalue weighted by Crippen LogP contribution is 2.32. The lowest BCUT2D eigenvalue weighted by molar-refractivity contribution is -0.115. The third kappa shape index (κ3) is 3.77. The fraction of sp³-hybridized carbons (Fsp3) is 0.182. The largest absolute Gasteiger partial charge is 0.497 e. The highest BCUT2D eigenvalue weighted by Gasteiger charge is 2.26. The number of carbonyl (C=O) groups is 2. The maximum absolute atomic E-state index is 12.6. The van der Waals surface area contributed by atoms with Crippen molar-refractivity contribution in [3.8, 4) is 5.75 Å². The highest BCUT2D eigenvalue weighted by atomic mass is 32.1. The Labute approximate surface area is 167 Å². The fourth-order valence-corrected chi connectivity index (χ4v) is 4.03. The summed E-state index contributed by atoms with van der Waals surface area (Å²) in [6.45, 7) is 0.662. The molecule has 0 bridgehead atoms. The molecule has 0 unspecified atom stereocenters. The summed E-state index contributed by atoms with van der Waals surface area (Å²) in [4.78, 5) is 27.5. The minimum Gasteiger partial charge on any atom is -0.497 e. The predicted octanol–water partition coefficient (Wildman–Crippen LogP) is 4.14. The summed E-state index contributed by atoms with van der Waals surface area (Å²) in [5.41, 5.74) is 3.67. The van der Waals surface area contributed by atoms with Crippen molar-refractivity contribution in [2.75, 3.05) is 23.9 Å². The van der Waals surface area contributed by atoms with Crippen LogP contribution >= 0.6 is 11.3 Å². The molecule has 142 valence electrons. The minimum atomic E-state index is -0.0744. The molecule has 0 fully saturated rings. The van der Waals surface area contributed by atoms with Crippen LogP contribution in [-0.4, -0.2) is 25.5 Å². The number of nitrogens with one attached hydrogen (secondary N) is 1. The van der Waals surface area contributed by atoms with E-state index in [1.165, 1.54) is 11.3 Å². The number of hydrogen-bond acceptors (Lipinski definition) is 4. The first-order chi connectivity index (χ1) is 13.6. The normalized spacial score (nSPS) is 12.5. The van der Waals surface area contributed by atoms with Crippen LogP contribution in [0, 0.1) is 0 Å². The molecule has 1 aromatic heterocycles. The number of amides is 2. The number of carbonyl (C=O) groups excluding carboxylic acids is 2. The SMILES string of the molecule is COc1ccc(CC(=O)Nc2ccc3c(c2)CCN3C(=O)c2cccs2)cc1. The monoisotopic (exact) mass is 392 g/mol. The van der Waals surface area contributed by atoms with Gasteiger partial charge in [0.15, 0.2) is 0 Å². The maximum atomic E-state index is 12.6. The van der Waals surface area contributed by atoms with Gasteiger partial charge in [-0.25, -0.2) is 0 Å². The van der Waals surface area contributed by atoms with Crippen molar-refractivity contribution < 1.29 is 14.3 Å². The van der Waals surface area contributed by atoms with E-state index in [2.05, 4.69) is 5.32 Å². The summed E-state index contributed by atoms with van der Waals surface area (Å²) in [6, 6.07) is 16.9. The lowest BCUT2D eigenvalue weighted by Gasteiger charge is -2.16. The number of benzene rings is 2. The van der Waals surface area contributed by atoms with Crippen molar-refractivity contribution in [2.24, 2.45) is 0 Å². The zero-order chi connectivity index (χ0) is 19.5. The van der Waals surface area contributed by atoms with Gasteiger partial charge in [0, 0.05) is 17.9 Å². The average molecular weight is 392 g/mol. The predicted molar refractivity (Wildman–Crippen MR) is 111 cm³/mol. The van der Waals surface area contributed by atoms with Crippen LogP contribution in [0.4, 0.5) is 11.4 Å². The molecule has 5 nitrogen and oxygen atoms in total. The Balaban J connectivity index is 1.43. The van der Waals surface area contributed by atoms with Gasteiger partial charge in [0.2, 0.25) is 5.91 Å². The van der Waals surface area contributed by atoms with Gasteiger partial charge in [-0.1, -0.05) is 18.2 Å². The van der Waals surface area contributed by atoms with Crippen molar-refractivity contribution in [2.45, 2.75) is 12.8 Å². The Kier molecular flexibility index (Phi) is 5.12. The third-order valence-corrected chi connectivity index (χ3v) is 5.62. The van der Waals surface area contributed by atoms with E-state index in [0.29, 0.717) is 13.0 Å². The molecule has 6 heteroatoms. The molecule has 1 N–H and O–H groups in total. The van der Waals surface area contributed by atoms with E-state index in [4.69, 9.17) is 4.74 Å². The Bertz CT molecular complexity index is 997. The first-order valence-corrected chi connectivity index (χ1v) is 9.93. The first-order valence-electron chi connectivity index (χ1n) is 9.05. The van der Waals surface area contributed by atoms with Crippen molar-refractivity contribution in [3.63, 3.8) is 0 Å². The summed E-state index contributed by atoms with van der Waals surface area (Å²) >= 11 is 1.45. The summed E-state index contributed by atoms with van der Waals surface area (Å²) in [6.07, 6.45) is 1.08. The Morgan fingerprint density at radius 1 is 1.14 bits per heavy atom. The molecule has 1 aliphatic heterocycles. The number of thiophene rings is 1. The molecule has 0 aliphatic carbocycles. The Morgan fingerprint density at radius 3 is 2.68 bits per heavy atom. The fourth-order valence-electron chi connectivity index (χ4n) is 3.36. The molecule has 28 heavy (non-hydrogen) atoms. The number of rotatable bonds is 5. The van der Waals surface area contributed by atoms with Gasteiger partial charge >= 0.3 is 0 Å². The number of anilines is 2. The number of fused-ring (bicyclic) bond motifs is 1. The van der Waals surface area contributed by atoms with Crippen LogP contribution in [-0.2, 0) is 17.6 Å². The molecular weight excluding hydrogens is 372 g/mol. The van der Waals surface area contributed by atoms with Crippen molar-refractivity contribution >= 4 is 34.5 Å². The molecule has 2 amide bonds. The zero-order valence-electron chi connectivity index (χ0n) is 15.5. The number of ether oxygens (including phenoxy) is 1. The third-order valence-electron chi connectivity index (χ3n) is 4.76. The van der Waals surface area contributed by atoms with Crippen LogP contribution in [0.25, 0.3) is 0 Å². The molecule has 4 rings (SSSR count). The van der Waals surface area contributed by atoms with Gasteiger partial charge in [-0.2, -0.15) is 0 Å². The molecule has 0 spiro atoms. The van der Waals surface area contributed by atoms with Gasteiger partial charge in [0.05, 0.1) is 18.4 Å². The van der Waals surface area contributed by atoms with Crippen LogP contribution in [0.1, 0.15) is 20.8 Å². The van der Waals surface area contributed by atoms with Crippen LogP contribution in [0.15, 0.2) is 60.0 Å². The molecule has 3 aromatic rings. The summed E-state index contributed by atoms with van der Waals surface area (Å²) < 4.78 is 5.13. The zero-order valence-corrected chi connectivity index (χ0v) is 16.3. The number of nitrogens with zero attached hydrogens (tertiary/aromatic N) is 1. The van der Waals surface area contributed by atoms with Crippen LogP contribution < -0.4 is 15.0 Å². The van der Waals surface area contributed by atoms with Crippen molar-refractivity contribution in [3.05, 3.63) is 76.0 Å². The molecule has 0 saturated carbocycles. The van der Waals surface area contributed by atoms with Crippen molar-refractivity contribution in [1.82, 2.24) is 0 Å². The number of methoxy groups -OCH3 is 1. The van der Waals surface area contributed by atoms with Crippen molar-refractivity contribution in [1.29, 1.82) is 0 Å².